The highest BCUT2D eigenvalue weighted by Crippen LogP contribution is 2.25. The lowest BCUT2D eigenvalue weighted by Gasteiger charge is -2.37. The minimum absolute atomic E-state index is 0.0547. The molecule has 1 aromatic rings. The monoisotopic (exact) mass is 331 g/mol. The van der Waals surface area contributed by atoms with Crippen molar-refractivity contribution in [1.82, 2.24) is 10.2 Å². The van der Waals surface area contributed by atoms with Crippen LogP contribution in [0.4, 0.5) is 0 Å². The number of hydrogen-bond acceptors (Lipinski definition) is 3. The number of hydrogen-bond donors (Lipinski definition) is 2. The van der Waals surface area contributed by atoms with Crippen molar-refractivity contribution in [2.24, 2.45) is 17.6 Å². The minimum Gasteiger partial charge on any atom is -0.354 e. The first kappa shape index (κ1) is 18.5. The fourth-order valence-electron chi connectivity index (χ4n) is 2.92. The molecule has 2 rings (SSSR count). The Bertz CT molecular complexity index is 588. The molecular formula is C19H29N3O2. The predicted octanol–water partition coefficient (Wildman–Crippen LogP) is 1.70. The maximum atomic E-state index is 12.8. The van der Waals surface area contributed by atoms with E-state index in [2.05, 4.69) is 5.32 Å². The van der Waals surface area contributed by atoms with Crippen LogP contribution >= 0.6 is 0 Å². The number of nitrogens with one attached hydrogen (secondary N) is 1. The lowest BCUT2D eigenvalue weighted by molar-refractivity contribution is -0.144. The van der Waals surface area contributed by atoms with Crippen molar-refractivity contribution >= 4 is 11.8 Å². The van der Waals surface area contributed by atoms with Gasteiger partial charge in [0.25, 0.3) is 0 Å². The first-order valence-electron chi connectivity index (χ1n) is 8.82. The molecule has 3 N–H and O–H groups in total. The van der Waals surface area contributed by atoms with Crippen LogP contribution < -0.4 is 11.1 Å². The van der Waals surface area contributed by atoms with Gasteiger partial charge in [-0.3, -0.25) is 9.59 Å². The smallest absolute Gasteiger partial charge is 0.243 e. The number of fused-ring (bicyclic) bond motifs is 1. The van der Waals surface area contributed by atoms with Crippen LogP contribution in [0.5, 0.6) is 0 Å². The summed E-state index contributed by atoms with van der Waals surface area (Å²) in [5.74, 6) is 0.123. The molecule has 0 saturated carbocycles. The van der Waals surface area contributed by atoms with Gasteiger partial charge in [0.05, 0.1) is 0 Å². The van der Waals surface area contributed by atoms with Crippen LogP contribution in [0, 0.1) is 11.8 Å². The maximum absolute atomic E-state index is 12.8. The predicted molar refractivity (Wildman–Crippen MR) is 95.2 cm³/mol. The molecule has 132 valence electrons. The quantitative estimate of drug-likeness (QED) is 0.833. The number of benzene rings is 1. The van der Waals surface area contributed by atoms with Crippen molar-refractivity contribution in [1.29, 1.82) is 0 Å². The van der Waals surface area contributed by atoms with Gasteiger partial charge in [0.2, 0.25) is 11.8 Å². The van der Waals surface area contributed by atoms with Crippen LogP contribution in [-0.2, 0) is 22.6 Å². The summed E-state index contributed by atoms with van der Waals surface area (Å²) in [4.78, 5) is 27.2. The van der Waals surface area contributed by atoms with Crippen molar-refractivity contribution in [3.05, 3.63) is 35.4 Å². The van der Waals surface area contributed by atoms with Gasteiger partial charge in [-0.2, -0.15) is 0 Å². The lowest BCUT2D eigenvalue weighted by atomic mass is 9.92. The summed E-state index contributed by atoms with van der Waals surface area (Å²) in [5.41, 5.74) is 7.90. The molecule has 1 heterocycles. The third kappa shape index (κ3) is 4.15. The van der Waals surface area contributed by atoms with Crippen molar-refractivity contribution in [2.75, 3.05) is 13.1 Å². The van der Waals surface area contributed by atoms with Crippen LogP contribution in [0.2, 0.25) is 0 Å². The van der Waals surface area contributed by atoms with E-state index in [1.54, 1.807) is 4.90 Å². The molecule has 5 nitrogen and oxygen atoms in total. The van der Waals surface area contributed by atoms with Gasteiger partial charge in [0.1, 0.15) is 6.04 Å². The Labute approximate surface area is 144 Å². The van der Waals surface area contributed by atoms with Crippen LogP contribution in [0.3, 0.4) is 0 Å². The van der Waals surface area contributed by atoms with Crippen molar-refractivity contribution < 1.29 is 9.59 Å². The first-order valence-corrected chi connectivity index (χ1v) is 8.82. The molecule has 0 aromatic heterocycles. The third-order valence-electron chi connectivity index (χ3n) is 4.90. The standard InChI is InChI=1S/C19H29N3O2/c1-4-14(3)19(24)22-12-16-8-6-5-7-15(16)9-17(22)18(23)21-11-13(2)10-20/h5-8,13-14,17H,4,9-12,20H2,1-3H3,(H,21,23). The zero-order chi connectivity index (χ0) is 17.7. The maximum Gasteiger partial charge on any atom is 0.243 e. The fraction of sp³-hybridized carbons (Fsp3) is 0.579. The average Bonchev–Trinajstić information content (AvgIpc) is 2.63. The molecule has 5 heteroatoms. The van der Waals surface area contributed by atoms with E-state index < -0.39 is 6.04 Å². The van der Waals surface area contributed by atoms with Gasteiger partial charge in [0, 0.05) is 25.4 Å². The number of amides is 2. The molecule has 1 aliphatic heterocycles. The summed E-state index contributed by atoms with van der Waals surface area (Å²) in [6.45, 7) is 7.50. The van der Waals surface area contributed by atoms with Crippen LogP contribution in [-0.4, -0.2) is 35.8 Å². The molecule has 2 amide bonds. The van der Waals surface area contributed by atoms with E-state index in [1.807, 2.05) is 45.0 Å². The van der Waals surface area contributed by atoms with Crippen molar-refractivity contribution in [3.8, 4) is 0 Å². The summed E-state index contributed by atoms with van der Waals surface area (Å²) in [6, 6.07) is 7.61. The van der Waals surface area contributed by atoms with Gasteiger partial charge in [-0.05, 0) is 30.0 Å². The van der Waals surface area contributed by atoms with E-state index in [0.717, 1.165) is 17.5 Å². The third-order valence-corrected chi connectivity index (χ3v) is 4.90. The number of carbonyl (C=O) groups excluding carboxylic acids is 2. The van der Waals surface area contributed by atoms with Crippen molar-refractivity contribution in [3.63, 3.8) is 0 Å². The Balaban J connectivity index is 2.20. The number of nitrogens with zero attached hydrogens (tertiary/aromatic N) is 1. The van der Waals surface area contributed by atoms with Gasteiger partial charge in [-0.1, -0.05) is 45.0 Å². The second-order valence-electron chi connectivity index (χ2n) is 6.85. The molecule has 1 aliphatic rings. The number of rotatable bonds is 6. The molecular weight excluding hydrogens is 302 g/mol. The van der Waals surface area contributed by atoms with Gasteiger partial charge in [-0.25, -0.2) is 0 Å². The lowest BCUT2D eigenvalue weighted by Crippen LogP contribution is -2.54. The Morgan fingerprint density at radius 2 is 1.96 bits per heavy atom. The summed E-state index contributed by atoms with van der Waals surface area (Å²) < 4.78 is 0. The van der Waals surface area contributed by atoms with Crippen molar-refractivity contribution in [2.45, 2.75) is 46.2 Å². The molecule has 3 atom stereocenters. The molecule has 0 bridgehead atoms. The Kier molecular flexibility index (Phi) is 6.37. The Hall–Kier alpha value is -1.88. The zero-order valence-electron chi connectivity index (χ0n) is 14.9. The van der Waals surface area contributed by atoms with E-state index in [0.29, 0.717) is 26.1 Å². The summed E-state index contributed by atoms with van der Waals surface area (Å²) >= 11 is 0. The second kappa shape index (κ2) is 8.29. The average molecular weight is 331 g/mol. The van der Waals surface area contributed by atoms with E-state index in [1.165, 1.54) is 0 Å². The highest BCUT2D eigenvalue weighted by atomic mass is 16.2. The second-order valence-corrected chi connectivity index (χ2v) is 6.85. The zero-order valence-corrected chi connectivity index (χ0v) is 14.9. The SMILES string of the molecule is CCC(C)C(=O)N1Cc2ccccc2CC1C(=O)NCC(C)CN. The number of nitrogens with two attached hydrogens (primary N) is 1. The summed E-state index contributed by atoms with van der Waals surface area (Å²) in [6.07, 6.45) is 1.34. The van der Waals surface area contributed by atoms with Gasteiger partial charge >= 0.3 is 0 Å². The first-order chi connectivity index (χ1) is 11.5. The highest BCUT2D eigenvalue weighted by Gasteiger charge is 2.35. The Morgan fingerprint density at radius 1 is 1.29 bits per heavy atom. The molecule has 0 saturated heterocycles. The van der Waals surface area contributed by atoms with Crippen LogP contribution in [0.25, 0.3) is 0 Å². The molecule has 3 unspecified atom stereocenters. The number of carbonyl (C=O) groups is 2. The highest BCUT2D eigenvalue weighted by molar-refractivity contribution is 5.89. The van der Waals surface area contributed by atoms with Crippen LogP contribution in [0.1, 0.15) is 38.3 Å². The largest absolute Gasteiger partial charge is 0.354 e. The fourth-order valence-corrected chi connectivity index (χ4v) is 2.92. The topological polar surface area (TPSA) is 75.4 Å². The molecule has 1 aromatic carbocycles. The van der Waals surface area contributed by atoms with E-state index in [-0.39, 0.29) is 23.7 Å². The molecule has 0 fully saturated rings. The molecule has 0 radical (unpaired) electrons. The normalized spacial score (nSPS) is 19.3. The summed E-state index contributed by atoms with van der Waals surface area (Å²) in [5, 5.41) is 2.96. The van der Waals surface area contributed by atoms with E-state index in [4.69, 9.17) is 5.73 Å². The molecule has 0 spiro atoms. The van der Waals surface area contributed by atoms with Gasteiger partial charge in [-0.15, -0.1) is 0 Å². The van der Waals surface area contributed by atoms with Gasteiger partial charge < -0.3 is 16.0 Å². The Morgan fingerprint density at radius 3 is 2.58 bits per heavy atom. The summed E-state index contributed by atoms with van der Waals surface area (Å²) in [7, 11) is 0. The molecule has 24 heavy (non-hydrogen) atoms. The molecule has 0 aliphatic carbocycles. The van der Waals surface area contributed by atoms with Crippen LogP contribution in [0.15, 0.2) is 24.3 Å². The minimum atomic E-state index is -0.439. The van der Waals surface area contributed by atoms with E-state index in [9.17, 15) is 9.59 Å². The van der Waals surface area contributed by atoms with E-state index >= 15 is 0 Å². The van der Waals surface area contributed by atoms with Gasteiger partial charge in [0.15, 0.2) is 0 Å².